The number of carboxylic acids is 1. The maximum Gasteiger partial charge on any atom is 0.335 e. The molecule has 1 aliphatic heterocycles. The van der Waals surface area contributed by atoms with Crippen LogP contribution in [0, 0.1) is 0 Å². The van der Waals surface area contributed by atoms with Crippen LogP contribution < -0.4 is 0 Å². The van der Waals surface area contributed by atoms with Gasteiger partial charge < -0.3 is 39.4 Å². The van der Waals surface area contributed by atoms with E-state index < -0.39 is 61.3 Å². The first-order chi connectivity index (χ1) is 29.7. The molecule has 0 aromatic rings. The van der Waals surface area contributed by atoms with Crippen molar-refractivity contribution in [3.63, 3.8) is 0 Å². The van der Waals surface area contributed by atoms with Crippen LogP contribution in [0.4, 0.5) is 0 Å². The van der Waals surface area contributed by atoms with Crippen molar-refractivity contribution < 1.29 is 53.8 Å². The van der Waals surface area contributed by atoms with Crippen LogP contribution in [0.15, 0.2) is 48.6 Å². The lowest BCUT2D eigenvalue weighted by Crippen LogP contribution is -2.60. The Bertz CT molecular complexity index is 1200. The zero-order valence-electron chi connectivity index (χ0n) is 38.1. The van der Waals surface area contributed by atoms with Crippen molar-refractivity contribution in [3.8, 4) is 0 Å². The lowest BCUT2D eigenvalue weighted by atomic mass is 9.99. The lowest BCUT2D eigenvalue weighted by molar-refractivity contribution is -0.298. The second-order valence-corrected chi connectivity index (χ2v) is 16.6. The third-order valence-electron chi connectivity index (χ3n) is 10.9. The highest BCUT2D eigenvalue weighted by Crippen LogP contribution is 2.23. The topological polar surface area (TPSA) is 169 Å². The molecule has 0 aliphatic carbocycles. The van der Waals surface area contributed by atoms with E-state index in [2.05, 4.69) is 62.5 Å². The monoisotopic (exact) mass is 863 g/mol. The predicted octanol–water partition coefficient (Wildman–Crippen LogP) is 10.9. The van der Waals surface area contributed by atoms with E-state index in [4.69, 9.17) is 18.9 Å². The third-order valence-corrected chi connectivity index (χ3v) is 10.9. The van der Waals surface area contributed by atoms with Gasteiger partial charge in [0.2, 0.25) is 0 Å². The van der Waals surface area contributed by atoms with Crippen molar-refractivity contribution in [2.45, 2.75) is 237 Å². The minimum absolute atomic E-state index is 0.181. The van der Waals surface area contributed by atoms with Gasteiger partial charge in [0.1, 0.15) is 24.9 Å². The van der Waals surface area contributed by atoms with Crippen molar-refractivity contribution in [3.05, 3.63) is 48.6 Å². The van der Waals surface area contributed by atoms with Gasteiger partial charge in [-0.2, -0.15) is 0 Å². The number of esters is 2. The summed E-state index contributed by atoms with van der Waals surface area (Å²) in [7, 11) is 0. The maximum atomic E-state index is 12.8. The number of carbonyl (C=O) groups excluding carboxylic acids is 2. The van der Waals surface area contributed by atoms with Gasteiger partial charge in [-0.3, -0.25) is 9.59 Å². The van der Waals surface area contributed by atoms with Gasteiger partial charge in [-0.1, -0.05) is 184 Å². The smallest absolute Gasteiger partial charge is 0.335 e. The highest BCUT2D eigenvalue weighted by molar-refractivity contribution is 5.73. The number of allylic oxidation sites excluding steroid dienone is 8. The number of hydrogen-bond acceptors (Lipinski definition) is 10. The minimum Gasteiger partial charge on any atom is -0.479 e. The Morgan fingerprint density at radius 2 is 0.967 bits per heavy atom. The summed E-state index contributed by atoms with van der Waals surface area (Å²) in [5.41, 5.74) is 0. The van der Waals surface area contributed by atoms with Gasteiger partial charge in [0.25, 0.3) is 0 Å². The standard InChI is InChI=1S/C50H86O11/c1-3-5-7-9-11-13-15-17-19-21-22-23-25-26-28-30-32-34-36-38-43(51)58-40-42(41-59-50-47(55)45(53)46(54)48(61-50)49(56)57)60-44(52)39-37-35-33-31-29-27-24-20-18-16-14-12-10-8-6-4-2/h5,7,11,13,17,19,22-23,42,45-48,50,53-55H,3-4,6,8-10,12,14-16,18,20-21,24-41H2,1-2H3,(H,56,57)/b7-5-,13-11-,19-17-,23-22-. The molecule has 1 rings (SSSR count). The largest absolute Gasteiger partial charge is 0.479 e. The molecule has 0 amide bonds. The van der Waals surface area contributed by atoms with Crippen LogP contribution in [0.2, 0.25) is 0 Å². The fourth-order valence-corrected chi connectivity index (χ4v) is 7.16. The summed E-state index contributed by atoms with van der Waals surface area (Å²) in [5, 5.41) is 39.9. The van der Waals surface area contributed by atoms with E-state index in [1.165, 1.54) is 77.0 Å². The molecular weight excluding hydrogens is 777 g/mol. The number of carbonyl (C=O) groups is 3. The summed E-state index contributed by atoms with van der Waals surface area (Å²) >= 11 is 0. The molecule has 4 N–H and O–H groups in total. The van der Waals surface area contributed by atoms with Gasteiger partial charge in [0, 0.05) is 12.8 Å². The molecule has 0 aromatic carbocycles. The average Bonchev–Trinajstić information content (AvgIpc) is 3.24. The van der Waals surface area contributed by atoms with Gasteiger partial charge >= 0.3 is 17.9 Å². The number of carboxylic acid groups (broad SMARTS) is 1. The quantitative estimate of drug-likeness (QED) is 0.0263. The van der Waals surface area contributed by atoms with Crippen LogP contribution in [0.25, 0.3) is 0 Å². The molecule has 0 bridgehead atoms. The fraction of sp³-hybridized carbons (Fsp3) is 0.780. The molecule has 0 radical (unpaired) electrons. The van der Waals surface area contributed by atoms with Gasteiger partial charge in [-0.05, 0) is 51.4 Å². The van der Waals surface area contributed by atoms with Crippen molar-refractivity contribution in [1.29, 1.82) is 0 Å². The zero-order chi connectivity index (χ0) is 44.6. The number of hydrogen-bond donors (Lipinski definition) is 4. The summed E-state index contributed by atoms with van der Waals surface area (Å²) < 4.78 is 21.8. The Hall–Kier alpha value is -2.83. The van der Waals surface area contributed by atoms with Crippen molar-refractivity contribution in [2.24, 2.45) is 0 Å². The summed E-state index contributed by atoms with van der Waals surface area (Å²) in [6, 6.07) is 0. The van der Waals surface area contributed by atoms with Crippen molar-refractivity contribution in [1.82, 2.24) is 0 Å². The first-order valence-electron chi connectivity index (χ1n) is 24.2. The Kier molecular flexibility index (Phi) is 36.8. The molecule has 352 valence electrons. The van der Waals surface area contributed by atoms with E-state index in [0.29, 0.717) is 12.8 Å². The van der Waals surface area contributed by atoms with E-state index >= 15 is 0 Å². The number of unbranched alkanes of at least 4 members (excludes halogenated alkanes) is 21. The molecule has 1 saturated heterocycles. The molecule has 0 spiro atoms. The zero-order valence-corrected chi connectivity index (χ0v) is 38.1. The van der Waals surface area contributed by atoms with Gasteiger partial charge in [0.05, 0.1) is 6.61 Å². The van der Waals surface area contributed by atoms with E-state index in [0.717, 1.165) is 83.5 Å². The summed E-state index contributed by atoms with van der Waals surface area (Å²) in [6.07, 6.45) is 38.7. The van der Waals surface area contributed by atoms with E-state index in [1.54, 1.807) is 0 Å². The van der Waals surface area contributed by atoms with Crippen molar-refractivity contribution in [2.75, 3.05) is 13.2 Å². The molecule has 1 aliphatic rings. The first kappa shape index (κ1) is 56.2. The predicted molar refractivity (Wildman–Crippen MR) is 243 cm³/mol. The van der Waals surface area contributed by atoms with Gasteiger partial charge in [-0.15, -0.1) is 0 Å². The highest BCUT2D eigenvalue weighted by atomic mass is 16.7. The molecule has 11 nitrogen and oxygen atoms in total. The van der Waals surface area contributed by atoms with Crippen LogP contribution in [0.5, 0.6) is 0 Å². The minimum atomic E-state index is -1.86. The van der Waals surface area contributed by atoms with Crippen LogP contribution in [-0.4, -0.2) is 88.4 Å². The fourth-order valence-electron chi connectivity index (χ4n) is 7.16. The van der Waals surface area contributed by atoms with Crippen LogP contribution >= 0.6 is 0 Å². The maximum absolute atomic E-state index is 12.8. The first-order valence-corrected chi connectivity index (χ1v) is 24.2. The Morgan fingerprint density at radius 3 is 1.46 bits per heavy atom. The van der Waals surface area contributed by atoms with E-state index in [9.17, 15) is 34.8 Å². The normalized spacial score (nSPS) is 20.0. The van der Waals surface area contributed by atoms with E-state index in [1.807, 2.05) is 0 Å². The second kappa shape index (κ2) is 40.0. The Morgan fingerprint density at radius 1 is 0.525 bits per heavy atom. The number of aliphatic hydroxyl groups excluding tert-OH is 3. The SMILES string of the molecule is CC/C=C\C/C=C\C/C=C\C/C=C\CCCCCCCCC(=O)OCC(COC1OC(C(=O)O)C(O)C(O)C1O)OC(=O)CCCCCCCCCCCCCCCCCC. The number of aliphatic carboxylic acids is 1. The van der Waals surface area contributed by atoms with Gasteiger partial charge in [0.15, 0.2) is 18.5 Å². The second-order valence-electron chi connectivity index (χ2n) is 16.6. The summed E-state index contributed by atoms with van der Waals surface area (Å²) in [6.45, 7) is 3.70. The molecule has 6 atom stereocenters. The molecule has 11 heteroatoms. The molecule has 0 saturated carbocycles. The van der Waals surface area contributed by atoms with Gasteiger partial charge in [-0.25, -0.2) is 4.79 Å². The molecule has 1 heterocycles. The number of ether oxygens (including phenoxy) is 4. The molecular formula is C50H86O11. The third kappa shape index (κ3) is 31.6. The molecule has 6 unspecified atom stereocenters. The number of aliphatic hydroxyl groups is 3. The summed E-state index contributed by atoms with van der Waals surface area (Å²) in [4.78, 5) is 36.9. The molecule has 1 fully saturated rings. The van der Waals surface area contributed by atoms with Crippen LogP contribution in [0.3, 0.4) is 0 Å². The Balaban J connectivity index is 2.34. The molecule has 61 heavy (non-hydrogen) atoms. The average molecular weight is 863 g/mol. The Labute approximate surface area is 369 Å². The lowest BCUT2D eigenvalue weighted by Gasteiger charge is -2.38. The number of rotatable bonds is 40. The van der Waals surface area contributed by atoms with Crippen LogP contribution in [-0.2, 0) is 33.3 Å². The summed E-state index contributed by atoms with van der Waals surface area (Å²) in [5.74, 6) is -2.46. The molecule has 0 aromatic heterocycles. The van der Waals surface area contributed by atoms with Crippen LogP contribution in [0.1, 0.15) is 200 Å². The van der Waals surface area contributed by atoms with E-state index in [-0.39, 0.29) is 19.4 Å². The van der Waals surface area contributed by atoms with Crippen molar-refractivity contribution >= 4 is 17.9 Å². The highest BCUT2D eigenvalue weighted by Gasteiger charge is 2.47.